The summed E-state index contributed by atoms with van der Waals surface area (Å²) >= 11 is 0. The molecule has 1 aromatic rings. The van der Waals surface area contributed by atoms with Gasteiger partial charge in [0.2, 0.25) is 0 Å². The second kappa shape index (κ2) is 6.89. The Balaban J connectivity index is 1.73. The van der Waals surface area contributed by atoms with Crippen LogP contribution in [0.2, 0.25) is 0 Å². The molecule has 2 heterocycles. The molecule has 3 heteroatoms. The van der Waals surface area contributed by atoms with E-state index in [4.69, 9.17) is 0 Å². The summed E-state index contributed by atoms with van der Waals surface area (Å²) in [6.45, 7) is 5.57. The van der Waals surface area contributed by atoms with E-state index in [-0.39, 0.29) is 11.9 Å². The van der Waals surface area contributed by atoms with Gasteiger partial charge in [0.05, 0.1) is 0 Å². The van der Waals surface area contributed by atoms with E-state index in [0.717, 1.165) is 31.0 Å². The SMILES string of the molecule is CCC(c1ccccc1F)N1CCCC(C2CCCN2)C1. The van der Waals surface area contributed by atoms with Crippen LogP contribution in [0.3, 0.4) is 0 Å². The van der Waals surface area contributed by atoms with Crippen LogP contribution < -0.4 is 5.32 Å². The van der Waals surface area contributed by atoms with E-state index in [1.807, 2.05) is 12.1 Å². The number of nitrogens with one attached hydrogen (secondary N) is 1. The minimum atomic E-state index is -0.0505. The molecule has 0 bridgehead atoms. The molecule has 3 rings (SSSR count). The average molecular weight is 290 g/mol. The van der Waals surface area contributed by atoms with E-state index >= 15 is 0 Å². The van der Waals surface area contributed by atoms with Crippen molar-refractivity contribution in [3.8, 4) is 0 Å². The Bertz CT molecular complexity index is 456. The number of rotatable bonds is 4. The van der Waals surface area contributed by atoms with Gasteiger partial charge in [-0.2, -0.15) is 0 Å². The van der Waals surface area contributed by atoms with Crippen molar-refractivity contribution in [1.29, 1.82) is 0 Å². The van der Waals surface area contributed by atoms with E-state index in [1.165, 1.54) is 32.2 Å². The van der Waals surface area contributed by atoms with Gasteiger partial charge in [0.15, 0.2) is 0 Å². The lowest BCUT2D eigenvalue weighted by Crippen LogP contribution is -2.44. The van der Waals surface area contributed by atoms with Crippen molar-refractivity contribution in [2.75, 3.05) is 19.6 Å². The lowest BCUT2D eigenvalue weighted by Gasteiger charge is -2.40. The summed E-state index contributed by atoms with van der Waals surface area (Å²) in [6, 6.07) is 8.22. The van der Waals surface area contributed by atoms with Crippen molar-refractivity contribution in [2.24, 2.45) is 5.92 Å². The van der Waals surface area contributed by atoms with Gasteiger partial charge in [-0.15, -0.1) is 0 Å². The predicted molar refractivity (Wildman–Crippen MR) is 84.8 cm³/mol. The molecule has 0 aromatic heterocycles. The number of likely N-dealkylation sites (tertiary alicyclic amines) is 1. The number of piperidine rings is 1. The fourth-order valence-electron chi connectivity index (χ4n) is 4.19. The van der Waals surface area contributed by atoms with E-state index in [0.29, 0.717) is 6.04 Å². The van der Waals surface area contributed by atoms with Crippen LogP contribution in [0.15, 0.2) is 24.3 Å². The molecule has 2 nitrogen and oxygen atoms in total. The smallest absolute Gasteiger partial charge is 0.127 e. The first-order valence-corrected chi connectivity index (χ1v) is 8.51. The number of hydrogen-bond acceptors (Lipinski definition) is 2. The molecule has 2 fully saturated rings. The molecule has 0 amide bonds. The summed E-state index contributed by atoms with van der Waals surface area (Å²) < 4.78 is 14.1. The summed E-state index contributed by atoms with van der Waals surface area (Å²) in [5, 5.41) is 3.65. The van der Waals surface area contributed by atoms with E-state index in [9.17, 15) is 4.39 Å². The number of halogens is 1. The lowest BCUT2D eigenvalue weighted by atomic mass is 9.88. The summed E-state index contributed by atoms with van der Waals surface area (Å²) in [6.07, 6.45) is 6.17. The zero-order valence-corrected chi connectivity index (χ0v) is 13.0. The lowest BCUT2D eigenvalue weighted by molar-refractivity contribution is 0.102. The van der Waals surface area contributed by atoms with Gasteiger partial charge in [0, 0.05) is 24.2 Å². The quantitative estimate of drug-likeness (QED) is 0.908. The second-order valence-electron chi connectivity index (χ2n) is 6.55. The Labute approximate surface area is 127 Å². The van der Waals surface area contributed by atoms with Gasteiger partial charge in [0.1, 0.15) is 5.82 Å². The Morgan fingerprint density at radius 2 is 2.14 bits per heavy atom. The van der Waals surface area contributed by atoms with Crippen molar-refractivity contribution < 1.29 is 4.39 Å². The topological polar surface area (TPSA) is 15.3 Å². The van der Waals surface area contributed by atoms with Crippen molar-refractivity contribution in [1.82, 2.24) is 10.2 Å². The molecule has 0 aliphatic carbocycles. The Kier molecular flexibility index (Phi) is 4.91. The van der Waals surface area contributed by atoms with Crippen LogP contribution >= 0.6 is 0 Å². The van der Waals surface area contributed by atoms with E-state index < -0.39 is 0 Å². The van der Waals surface area contributed by atoms with Crippen LogP contribution in [0, 0.1) is 11.7 Å². The van der Waals surface area contributed by atoms with Gasteiger partial charge in [-0.3, -0.25) is 4.90 Å². The van der Waals surface area contributed by atoms with Crippen LogP contribution in [0.5, 0.6) is 0 Å². The Hall–Kier alpha value is -0.930. The highest BCUT2D eigenvalue weighted by Crippen LogP contribution is 2.33. The van der Waals surface area contributed by atoms with Gasteiger partial charge in [-0.1, -0.05) is 25.1 Å². The van der Waals surface area contributed by atoms with Crippen molar-refractivity contribution in [3.63, 3.8) is 0 Å². The molecule has 21 heavy (non-hydrogen) atoms. The maximum atomic E-state index is 14.1. The fourth-order valence-corrected chi connectivity index (χ4v) is 4.19. The zero-order chi connectivity index (χ0) is 14.7. The van der Waals surface area contributed by atoms with Gasteiger partial charge in [-0.05, 0) is 57.2 Å². The van der Waals surface area contributed by atoms with Gasteiger partial charge >= 0.3 is 0 Å². The maximum Gasteiger partial charge on any atom is 0.127 e. The van der Waals surface area contributed by atoms with E-state index in [2.05, 4.69) is 17.1 Å². The maximum absolute atomic E-state index is 14.1. The van der Waals surface area contributed by atoms with E-state index in [1.54, 1.807) is 12.1 Å². The Morgan fingerprint density at radius 1 is 1.29 bits per heavy atom. The average Bonchev–Trinajstić information content (AvgIpc) is 3.05. The third kappa shape index (κ3) is 3.29. The minimum Gasteiger partial charge on any atom is -0.314 e. The molecular formula is C18H27FN2. The van der Waals surface area contributed by atoms with Crippen molar-refractivity contribution in [3.05, 3.63) is 35.6 Å². The number of hydrogen-bond donors (Lipinski definition) is 1. The third-order valence-corrected chi connectivity index (χ3v) is 5.25. The molecule has 116 valence electrons. The molecule has 1 aromatic carbocycles. The Morgan fingerprint density at radius 3 is 2.86 bits per heavy atom. The van der Waals surface area contributed by atoms with Crippen LogP contribution in [-0.4, -0.2) is 30.6 Å². The highest BCUT2D eigenvalue weighted by Gasteiger charge is 2.32. The number of nitrogens with zero attached hydrogens (tertiary/aromatic N) is 1. The largest absolute Gasteiger partial charge is 0.314 e. The molecule has 1 N–H and O–H groups in total. The molecule has 3 unspecified atom stereocenters. The first-order valence-electron chi connectivity index (χ1n) is 8.51. The second-order valence-corrected chi connectivity index (χ2v) is 6.55. The minimum absolute atomic E-state index is 0.0505. The van der Waals surface area contributed by atoms with Gasteiger partial charge in [-0.25, -0.2) is 4.39 Å². The summed E-state index contributed by atoms with van der Waals surface area (Å²) in [5.74, 6) is 0.688. The zero-order valence-electron chi connectivity index (χ0n) is 13.0. The van der Waals surface area contributed by atoms with Crippen LogP contribution in [0.25, 0.3) is 0 Å². The van der Waals surface area contributed by atoms with Gasteiger partial charge < -0.3 is 5.32 Å². The third-order valence-electron chi connectivity index (χ3n) is 5.25. The van der Waals surface area contributed by atoms with Crippen LogP contribution in [-0.2, 0) is 0 Å². The van der Waals surface area contributed by atoms with Gasteiger partial charge in [0.25, 0.3) is 0 Å². The molecule has 3 atom stereocenters. The van der Waals surface area contributed by atoms with Crippen molar-refractivity contribution >= 4 is 0 Å². The summed E-state index contributed by atoms with van der Waals surface area (Å²) in [7, 11) is 0. The molecule has 0 spiro atoms. The normalized spacial score (nSPS) is 28.7. The molecule has 0 radical (unpaired) electrons. The summed E-state index contributed by atoms with van der Waals surface area (Å²) in [4.78, 5) is 2.52. The first kappa shape index (κ1) is 15.0. The monoisotopic (exact) mass is 290 g/mol. The first-order chi connectivity index (χ1) is 10.3. The highest BCUT2D eigenvalue weighted by atomic mass is 19.1. The number of benzene rings is 1. The molecule has 2 saturated heterocycles. The molecule has 0 saturated carbocycles. The molecular weight excluding hydrogens is 263 g/mol. The highest BCUT2D eigenvalue weighted by molar-refractivity contribution is 5.21. The fraction of sp³-hybridized carbons (Fsp3) is 0.667. The molecule has 2 aliphatic rings. The standard InChI is InChI=1S/C18H27FN2/c1-2-18(15-8-3-4-9-16(15)19)21-12-6-7-14(13-21)17-10-5-11-20-17/h3-4,8-9,14,17-18,20H,2,5-7,10-13H2,1H3. The summed E-state index contributed by atoms with van der Waals surface area (Å²) in [5.41, 5.74) is 0.875. The van der Waals surface area contributed by atoms with Crippen LogP contribution in [0.4, 0.5) is 4.39 Å². The predicted octanol–water partition coefficient (Wildman–Crippen LogP) is 3.74. The van der Waals surface area contributed by atoms with Crippen molar-refractivity contribution in [2.45, 2.75) is 51.1 Å². The van der Waals surface area contributed by atoms with Crippen LogP contribution in [0.1, 0.15) is 50.6 Å². The molecule has 2 aliphatic heterocycles.